The molecule has 1 radical (unpaired) electrons. The molecule has 0 aliphatic rings. The van der Waals surface area contributed by atoms with Crippen LogP contribution in [0.5, 0.6) is 0 Å². The number of hydrogen-bond donors (Lipinski definition) is 0. The molecular weight excluding hydrogens is 455 g/mol. The van der Waals surface area contributed by atoms with Crippen LogP contribution in [0, 0.1) is 0 Å². The third-order valence-corrected chi connectivity index (χ3v) is 19.7. The topological polar surface area (TPSA) is 0 Å². The van der Waals surface area contributed by atoms with E-state index in [9.17, 15) is 0 Å². The minimum atomic E-state index is 0. The van der Waals surface area contributed by atoms with Crippen molar-refractivity contribution in [2.75, 3.05) is 0 Å². The van der Waals surface area contributed by atoms with Gasteiger partial charge in [-0.25, -0.2) is 0 Å². The average molecular weight is 468 g/mol. The summed E-state index contributed by atoms with van der Waals surface area (Å²) in [7, 11) is 2.49. The van der Waals surface area contributed by atoms with Gasteiger partial charge in [0.15, 0.2) is 0 Å². The van der Waals surface area contributed by atoms with E-state index in [-0.39, 0.29) is 104 Å². The molecule has 0 rings (SSSR count). The fourth-order valence-corrected chi connectivity index (χ4v) is 0. The maximum atomic E-state index is 3.84. The molecule has 0 amide bonds. The van der Waals surface area contributed by atoms with Crippen molar-refractivity contribution in [2.24, 2.45) is 0 Å². The zero-order valence-corrected chi connectivity index (χ0v) is 14.7. The zero-order valence-electron chi connectivity index (χ0n) is 4.50. The Morgan fingerprint density at radius 1 is 1.33 bits per heavy atom. The van der Waals surface area contributed by atoms with Gasteiger partial charge in [0.25, 0.3) is 0 Å². The molecule has 9 heavy (non-hydrogen) atoms. The van der Waals surface area contributed by atoms with Crippen LogP contribution in [0.3, 0.4) is 0 Å². The molecule has 0 heterocycles. The molecule has 0 aliphatic carbocycles. The molecule has 9 heteroatoms. The summed E-state index contributed by atoms with van der Waals surface area (Å²) < 4.78 is 0. The average Bonchev–Trinajstić information content (AvgIpc) is 1.72. The Bertz CT molecular complexity index is 23.8. The van der Waals surface area contributed by atoms with Crippen molar-refractivity contribution in [3.8, 4) is 0 Å². The van der Waals surface area contributed by atoms with Crippen molar-refractivity contribution in [1.29, 1.82) is 0 Å². The predicted octanol–water partition coefficient (Wildman–Crippen LogP) is -5.77. The van der Waals surface area contributed by atoms with Crippen molar-refractivity contribution in [2.45, 2.75) is 0 Å². The van der Waals surface area contributed by atoms with Crippen LogP contribution >= 0.6 is 0 Å². The van der Waals surface area contributed by atoms with E-state index in [0.29, 0.717) is 16.2 Å². The third-order valence-electron chi connectivity index (χ3n) is 0.177. The Balaban J connectivity index is -0.00000000990. The van der Waals surface area contributed by atoms with Gasteiger partial charge < -0.3 is 0 Å². The molecular formula is H13AlBaCaFe2MnSi3. The van der Waals surface area contributed by atoms with E-state index >= 15 is 0 Å². The molecule has 0 fully saturated rings. The van der Waals surface area contributed by atoms with Crippen molar-refractivity contribution < 1.29 is 46.6 Å². The standard InChI is InChI=1S/Al.Ba.Ca.2Fe.Mn.H7Si3.6H/c;;;;;;1-3-2;;;;;;/h;;;;;;1,3H2,2H3;;;;;;. The first-order chi connectivity index (χ1) is 2.91. The fraction of sp³-hybridized carbons (Fsp3) is 0. The first-order valence-corrected chi connectivity index (χ1v) is 18.3. The Morgan fingerprint density at radius 2 is 1.44 bits per heavy atom. The van der Waals surface area contributed by atoms with Crippen LogP contribution in [0.2, 0.25) is 0 Å². The van der Waals surface area contributed by atoms with Gasteiger partial charge in [0.1, 0.15) is 0 Å². The van der Waals surface area contributed by atoms with Crippen LogP contribution in [0.4, 0.5) is 0 Å². The summed E-state index contributed by atoms with van der Waals surface area (Å²) in [4.78, 5) is 0. The van der Waals surface area contributed by atoms with Gasteiger partial charge in [0.2, 0.25) is 0 Å². The Labute approximate surface area is 169 Å². The van der Waals surface area contributed by atoms with Gasteiger partial charge in [-0.05, 0) is 0 Å². The van der Waals surface area contributed by atoms with Gasteiger partial charge in [-0.1, -0.05) is 0 Å². The van der Waals surface area contributed by atoms with Crippen LogP contribution in [-0.2, 0) is 46.6 Å². The van der Waals surface area contributed by atoms with Crippen LogP contribution in [-0.4, -0.2) is 127 Å². The zero-order chi connectivity index (χ0) is 5.41. The summed E-state index contributed by atoms with van der Waals surface area (Å²) in [6, 6.07) is 0. The molecule has 55 valence electrons. The van der Waals surface area contributed by atoms with E-state index in [1.54, 1.807) is 0 Å². The summed E-state index contributed by atoms with van der Waals surface area (Å²) in [6.07, 6.45) is 0. The second-order valence-corrected chi connectivity index (χ2v) is 20.1. The molecule has 0 atom stereocenters. The van der Waals surface area contributed by atoms with E-state index in [4.69, 9.17) is 0 Å². The van der Waals surface area contributed by atoms with Gasteiger partial charge in [-0.15, -0.1) is 0 Å². The molecule has 0 aliphatic heterocycles. The first kappa shape index (κ1) is 29.3. The number of rotatable bonds is 1. The summed E-state index contributed by atoms with van der Waals surface area (Å²) in [6.45, 7) is 0. The molecule has 0 spiro atoms. The Morgan fingerprint density at radius 3 is 1.44 bits per heavy atom. The number of hydrogen-bond acceptors (Lipinski definition) is 0. The van der Waals surface area contributed by atoms with Crippen LogP contribution < -0.4 is 0 Å². The van der Waals surface area contributed by atoms with Gasteiger partial charge >= 0.3 is 157 Å². The monoisotopic (exact) mass is 469 g/mol. The summed E-state index contributed by atoms with van der Waals surface area (Å²) in [5.41, 5.74) is 0. The van der Waals surface area contributed by atoms with Crippen LogP contribution in [0.15, 0.2) is 0 Å². The third kappa shape index (κ3) is 42.1. The summed E-state index contributed by atoms with van der Waals surface area (Å²) in [5, 5.41) is 0. The van der Waals surface area contributed by atoms with Gasteiger partial charge in [-0.2, -0.15) is 0 Å². The van der Waals surface area contributed by atoms with Gasteiger partial charge in [-0.3, -0.25) is 0 Å². The molecule has 0 saturated heterocycles. The SMILES string of the molecule is [AlH2][Fe].[BaH2].[CaH2].[Mn].[SiH3][SiH2][SiH2][Fe]. The van der Waals surface area contributed by atoms with Crippen LogP contribution in [0.25, 0.3) is 0 Å². The second-order valence-electron chi connectivity index (χ2n) is 0.677. The summed E-state index contributed by atoms with van der Waals surface area (Å²) >= 11 is 8.28. The van der Waals surface area contributed by atoms with Crippen LogP contribution in [0.1, 0.15) is 0 Å². The van der Waals surface area contributed by atoms with E-state index in [0.717, 1.165) is 14.4 Å². The normalized spacial score (nSPS) is 6.89. The van der Waals surface area contributed by atoms with E-state index in [2.05, 4.69) is 29.5 Å². The fourth-order valence-electron chi connectivity index (χ4n) is 0. The Kier molecular flexibility index (Phi) is 122. The predicted molar refractivity (Wildman–Crippen MR) is 52.7 cm³/mol. The van der Waals surface area contributed by atoms with E-state index < -0.39 is 0 Å². The molecule has 0 nitrogen and oxygen atoms in total. The molecule has 0 unspecified atom stereocenters. The minimum absolute atomic E-state index is 0. The van der Waals surface area contributed by atoms with E-state index in [1.165, 1.54) is 9.76 Å². The maximum absolute atomic E-state index is 3.84. The van der Waals surface area contributed by atoms with Crippen molar-refractivity contribution in [3.63, 3.8) is 0 Å². The molecule has 0 bridgehead atoms. The van der Waals surface area contributed by atoms with Gasteiger partial charge in [0, 0.05) is 17.1 Å². The molecule has 0 saturated carbocycles. The second kappa shape index (κ2) is 37.4. The molecule has 0 aromatic carbocycles. The van der Waals surface area contributed by atoms with Crippen molar-refractivity contribution in [3.05, 3.63) is 0 Å². The van der Waals surface area contributed by atoms with Crippen molar-refractivity contribution in [1.82, 2.24) is 0 Å². The molecule has 0 aromatic rings. The Hall–Kier alpha value is 5.57. The molecule has 0 N–H and O–H groups in total. The first-order valence-electron chi connectivity index (χ1n) is 1.81. The molecule has 0 aromatic heterocycles. The van der Waals surface area contributed by atoms with E-state index in [1.807, 2.05) is 0 Å². The quantitative estimate of drug-likeness (QED) is 0.337. The summed E-state index contributed by atoms with van der Waals surface area (Å²) in [5.74, 6) is 0. The van der Waals surface area contributed by atoms with Crippen molar-refractivity contribution >= 4 is 127 Å². The van der Waals surface area contributed by atoms with Gasteiger partial charge in [0.05, 0.1) is 0 Å².